The number of nitrogens with one attached hydrogen (secondary N) is 1. The molecule has 0 saturated carbocycles. The normalized spacial score (nSPS) is 14.7. The van der Waals surface area contributed by atoms with Gasteiger partial charge in [0.15, 0.2) is 6.61 Å². The highest BCUT2D eigenvalue weighted by atomic mass is 35.5. The van der Waals surface area contributed by atoms with Gasteiger partial charge in [0.25, 0.3) is 5.91 Å². The van der Waals surface area contributed by atoms with Crippen molar-refractivity contribution in [2.45, 2.75) is 16.2 Å². The minimum Gasteiger partial charge on any atom is -0.456 e. The number of thioether (sulfide) groups is 1. The molecule has 0 radical (unpaired) electrons. The number of carbonyl (C=O) groups is 2. The fourth-order valence-corrected chi connectivity index (χ4v) is 5.32. The summed E-state index contributed by atoms with van der Waals surface area (Å²) in [6, 6.07) is 13.7. The molecule has 0 spiro atoms. The smallest absolute Gasteiger partial charge is 0.307 e. The van der Waals surface area contributed by atoms with Gasteiger partial charge in [0.05, 0.1) is 35.2 Å². The zero-order valence-corrected chi connectivity index (χ0v) is 19.5. The van der Waals surface area contributed by atoms with Crippen molar-refractivity contribution in [1.82, 2.24) is 4.31 Å². The van der Waals surface area contributed by atoms with E-state index in [0.29, 0.717) is 19.0 Å². The number of hydrogen-bond donors (Lipinski definition) is 1. The Morgan fingerprint density at radius 2 is 1.84 bits per heavy atom. The highest BCUT2D eigenvalue weighted by Crippen LogP contribution is 2.27. The molecule has 11 heteroatoms. The first kappa shape index (κ1) is 24.5. The van der Waals surface area contributed by atoms with Gasteiger partial charge in [0.2, 0.25) is 10.0 Å². The van der Waals surface area contributed by atoms with E-state index in [-0.39, 0.29) is 35.1 Å². The Kier molecular flexibility index (Phi) is 8.94. The lowest BCUT2D eigenvalue weighted by atomic mass is 10.3. The number of benzene rings is 2. The molecular formula is C21H23ClN2O6S2. The molecule has 1 fully saturated rings. The fourth-order valence-electron chi connectivity index (χ4n) is 2.87. The predicted molar refractivity (Wildman–Crippen MR) is 122 cm³/mol. The lowest BCUT2D eigenvalue weighted by Crippen LogP contribution is -2.40. The summed E-state index contributed by atoms with van der Waals surface area (Å²) in [5.41, 5.74) is 0.127. The van der Waals surface area contributed by atoms with Crippen LogP contribution < -0.4 is 5.32 Å². The van der Waals surface area contributed by atoms with Crippen LogP contribution in [0.5, 0.6) is 0 Å². The van der Waals surface area contributed by atoms with Crippen LogP contribution in [0, 0.1) is 0 Å². The average molecular weight is 499 g/mol. The lowest BCUT2D eigenvalue weighted by Gasteiger charge is -2.26. The van der Waals surface area contributed by atoms with Crippen LogP contribution in [0.3, 0.4) is 0 Å². The summed E-state index contributed by atoms with van der Waals surface area (Å²) in [5, 5.41) is 2.67. The summed E-state index contributed by atoms with van der Waals surface area (Å²) < 4.78 is 37.1. The van der Waals surface area contributed by atoms with Crippen molar-refractivity contribution in [1.29, 1.82) is 0 Å². The molecule has 1 saturated heterocycles. The van der Waals surface area contributed by atoms with E-state index in [1.54, 1.807) is 0 Å². The molecule has 3 rings (SSSR count). The van der Waals surface area contributed by atoms with Crippen LogP contribution in [0.25, 0.3) is 0 Å². The molecule has 8 nitrogen and oxygen atoms in total. The zero-order valence-electron chi connectivity index (χ0n) is 17.2. The first-order valence-electron chi connectivity index (χ1n) is 9.87. The van der Waals surface area contributed by atoms with Gasteiger partial charge < -0.3 is 14.8 Å². The van der Waals surface area contributed by atoms with Gasteiger partial charge in [-0.15, -0.1) is 11.8 Å². The number of rotatable bonds is 9. The molecule has 1 aliphatic rings. The summed E-state index contributed by atoms with van der Waals surface area (Å²) in [6.45, 7) is 0.666. The third kappa shape index (κ3) is 6.94. The number of carbonyl (C=O) groups excluding carboxylic acids is 2. The average Bonchev–Trinajstić information content (AvgIpc) is 2.80. The van der Waals surface area contributed by atoms with Gasteiger partial charge in [-0.2, -0.15) is 4.31 Å². The largest absolute Gasteiger partial charge is 0.456 e. The van der Waals surface area contributed by atoms with Crippen molar-refractivity contribution in [3.63, 3.8) is 0 Å². The maximum absolute atomic E-state index is 12.8. The summed E-state index contributed by atoms with van der Waals surface area (Å²) >= 11 is 7.63. The van der Waals surface area contributed by atoms with E-state index in [0.717, 1.165) is 4.90 Å². The molecule has 0 aromatic heterocycles. The second-order valence-corrected chi connectivity index (χ2v) is 10.3. The maximum atomic E-state index is 12.8. The van der Waals surface area contributed by atoms with E-state index in [4.69, 9.17) is 21.1 Å². The zero-order chi connectivity index (χ0) is 23.0. The number of sulfonamides is 1. The summed E-state index contributed by atoms with van der Waals surface area (Å²) in [7, 11) is -3.74. The van der Waals surface area contributed by atoms with Crippen LogP contribution >= 0.6 is 23.4 Å². The molecule has 1 N–H and O–H groups in total. The fraction of sp³-hybridized carbons (Fsp3) is 0.333. The van der Waals surface area contributed by atoms with Crippen LogP contribution in [0.2, 0.25) is 5.02 Å². The molecule has 1 amide bonds. The number of halogens is 1. The van der Waals surface area contributed by atoms with E-state index < -0.39 is 28.5 Å². The molecule has 1 aliphatic heterocycles. The van der Waals surface area contributed by atoms with Gasteiger partial charge >= 0.3 is 5.97 Å². The highest BCUT2D eigenvalue weighted by molar-refractivity contribution is 7.99. The Balaban J connectivity index is 1.51. The van der Waals surface area contributed by atoms with Crippen molar-refractivity contribution < 1.29 is 27.5 Å². The van der Waals surface area contributed by atoms with Gasteiger partial charge in [-0.05, 0) is 30.3 Å². The summed E-state index contributed by atoms with van der Waals surface area (Å²) in [6.07, 6.45) is 0.154. The molecular weight excluding hydrogens is 476 g/mol. The van der Waals surface area contributed by atoms with Crippen molar-refractivity contribution in [3.05, 3.63) is 53.6 Å². The topological polar surface area (TPSA) is 102 Å². The van der Waals surface area contributed by atoms with E-state index in [9.17, 15) is 18.0 Å². The minimum atomic E-state index is -3.74. The number of esters is 1. The van der Waals surface area contributed by atoms with Gasteiger partial charge in [0, 0.05) is 23.7 Å². The molecule has 0 atom stereocenters. The number of anilines is 1. The summed E-state index contributed by atoms with van der Waals surface area (Å²) in [4.78, 5) is 25.1. The van der Waals surface area contributed by atoms with Crippen LogP contribution in [-0.4, -0.2) is 63.3 Å². The first-order chi connectivity index (χ1) is 15.4. The Morgan fingerprint density at radius 3 is 2.56 bits per heavy atom. The van der Waals surface area contributed by atoms with E-state index in [2.05, 4.69) is 5.32 Å². The molecule has 2 aromatic carbocycles. The molecule has 2 aromatic rings. The maximum Gasteiger partial charge on any atom is 0.307 e. The number of hydrogen-bond acceptors (Lipinski definition) is 7. The Labute approximate surface area is 196 Å². The van der Waals surface area contributed by atoms with E-state index in [1.807, 2.05) is 30.3 Å². The highest BCUT2D eigenvalue weighted by Gasteiger charge is 2.27. The lowest BCUT2D eigenvalue weighted by molar-refractivity contribution is -0.146. The van der Waals surface area contributed by atoms with Crippen LogP contribution in [0.4, 0.5) is 5.69 Å². The first-order valence-corrected chi connectivity index (χ1v) is 12.7. The Morgan fingerprint density at radius 1 is 1.12 bits per heavy atom. The van der Waals surface area contributed by atoms with Gasteiger partial charge in [-0.1, -0.05) is 29.8 Å². The third-order valence-electron chi connectivity index (χ3n) is 4.50. The number of nitrogens with zero attached hydrogens (tertiary/aromatic N) is 1. The predicted octanol–water partition coefficient (Wildman–Crippen LogP) is 3.03. The van der Waals surface area contributed by atoms with Gasteiger partial charge in [-0.25, -0.2) is 8.42 Å². The van der Waals surface area contributed by atoms with Crippen molar-refractivity contribution in [3.8, 4) is 0 Å². The second-order valence-electron chi connectivity index (χ2n) is 6.78. The van der Waals surface area contributed by atoms with Gasteiger partial charge in [0.1, 0.15) is 0 Å². The van der Waals surface area contributed by atoms with Crippen molar-refractivity contribution in [2.24, 2.45) is 0 Å². The molecule has 32 heavy (non-hydrogen) atoms. The number of amides is 1. The molecule has 0 aliphatic carbocycles. The number of ether oxygens (including phenoxy) is 2. The second kappa shape index (κ2) is 11.7. The summed E-state index contributed by atoms with van der Waals surface area (Å²) in [5.74, 6) is -0.590. The van der Waals surface area contributed by atoms with Crippen LogP contribution in [-0.2, 0) is 29.1 Å². The number of morpholine rings is 1. The van der Waals surface area contributed by atoms with E-state index in [1.165, 1.54) is 34.3 Å². The minimum absolute atomic E-state index is 0.00836. The SMILES string of the molecule is O=C(COC(=O)CCSc1ccccc1)Nc1cc(S(=O)(=O)N2CCOCC2)ccc1Cl. The van der Waals surface area contributed by atoms with Crippen LogP contribution in [0.15, 0.2) is 58.3 Å². The molecule has 0 bridgehead atoms. The quantitative estimate of drug-likeness (QED) is 0.418. The standard InChI is InChI=1S/C21H23ClN2O6S2/c22-18-7-6-17(32(27,28)24-9-11-29-12-10-24)14-19(18)23-20(25)15-30-21(26)8-13-31-16-4-2-1-3-5-16/h1-7,14H,8-13,15H2,(H,23,25). The molecule has 1 heterocycles. The van der Waals surface area contributed by atoms with Crippen molar-refractivity contribution >= 4 is 50.9 Å². The van der Waals surface area contributed by atoms with Gasteiger partial charge in [-0.3, -0.25) is 9.59 Å². The van der Waals surface area contributed by atoms with E-state index >= 15 is 0 Å². The van der Waals surface area contributed by atoms with Crippen LogP contribution in [0.1, 0.15) is 6.42 Å². The molecule has 0 unspecified atom stereocenters. The third-order valence-corrected chi connectivity index (χ3v) is 7.74. The monoisotopic (exact) mass is 498 g/mol. The Bertz CT molecular complexity index is 1040. The van der Waals surface area contributed by atoms with Crippen molar-refractivity contribution in [2.75, 3.05) is 44.0 Å². The molecule has 172 valence electrons. The Hall–Kier alpha value is -2.11.